The summed E-state index contributed by atoms with van der Waals surface area (Å²) in [5.41, 5.74) is 10.2. The Labute approximate surface area is 388 Å². The molecule has 1 aliphatic heterocycles. The predicted molar refractivity (Wildman–Crippen MR) is 271 cm³/mol. The van der Waals surface area contributed by atoms with Crippen LogP contribution in [0.1, 0.15) is 27.7 Å². The molecule has 0 unspecified atom stereocenters. The Hall–Kier alpha value is -7.17. The van der Waals surface area contributed by atoms with Crippen molar-refractivity contribution >= 4 is 93.9 Å². The first-order valence-electron chi connectivity index (χ1n) is 22.2. The van der Waals surface area contributed by atoms with Crippen LogP contribution in [0.4, 0.5) is 0 Å². The minimum absolute atomic E-state index is 0.460. The Morgan fingerprint density at radius 2 is 0.939 bits per heavy atom. The number of hydrogen-bond acceptors (Lipinski definition) is 7. The van der Waals surface area contributed by atoms with Crippen LogP contribution in [0.5, 0.6) is 0 Å². The first kappa shape index (κ1) is 39.2. The van der Waals surface area contributed by atoms with Crippen molar-refractivity contribution in [2.24, 2.45) is 0 Å². The van der Waals surface area contributed by atoms with Crippen LogP contribution >= 0.6 is 15.9 Å². The van der Waals surface area contributed by atoms with Gasteiger partial charge < -0.3 is 18.1 Å². The summed E-state index contributed by atoms with van der Waals surface area (Å²) >= 11 is 3.67. The molecule has 3 aromatic heterocycles. The summed E-state index contributed by atoms with van der Waals surface area (Å²) in [5, 5.41) is 8.77. The lowest BCUT2D eigenvalue weighted by Crippen LogP contribution is -2.41. The molecule has 7 nitrogen and oxygen atoms in total. The molecule has 1 fully saturated rings. The third-order valence-electron chi connectivity index (χ3n) is 13.8. The minimum Gasteiger partial charge on any atom is -0.456 e. The molecule has 4 heterocycles. The van der Waals surface area contributed by atoms with Gasteiger partial charge in [-0.3, -0.25) is 0 Å². The second kappa shape index (κ2) is 14.4. The van der Waals surface area contributed by atoms with E-state index >= 15 is 0 Å². The monoisotopic (exact) mass is 919 g/mol. The Morgan fingerprint density at radius 3 is 1.61 bits per heavy atom. The highest BCUT2D eigenvalue weighted by molar-refractivity contribution is 9.10. The fraction of sp³-hybridized carbons (Fsp3) is 0.105. The Kier molecular flexibility index (Phi) is 8.57. The average molecular weight is 921 g/mol. The molecule has 9 aromatic carbocycles. The molecular weight excluding hydrogens is 881 g/mol. The maximum atomic E-state index is 6.80. The highest BCUT2D eigenvalue weighted by Crippen LogP contribution is 2.45. The van der Waals surface area contributed by atoms with Crippen molar-refractivity contribution in [3.05, 3.63) is 168 Å². The highest BCUT2D eigenvalue weighted by Gasteiger charge is 2.52. The summed E-state index contributed by atoms with van der Waals surface area (Å²) in [6, 6.07) is 56.7. The first-order valence-corrected chi connectivity index (χ1v) is 23.0. The first-order chi connectivity index (χ1) is 32.0. The zero-order chi connectivity index (χ0) is 44.5. The maximum Gasteiger partial charge on any atom is 0.494 e. The van der Waals surface area contributed by atoms with Gasteiger partial charge in [0, 0.05) is 42.7 Å². The van der Waals surface area contributed by atoms with E-state index in [2.05, 4.69) is 177 Å². The second-order valence-electron chi connectivity index (χ2n) is 18.3. The zero-order valence-corrected chi connectivity index (χ0v) is 38.1. The molecule has 0 amide bonds. The van der Waals surface area contributed by atoms with Gasteiger partial charge in [-0.25, -0.2) is 15.0 Å². The van der Waals surface area contributed by atoms with Crippen LogP contribution < -0.4 is 5.46 Å². The Balaban J connectivity index is 0.934. The third kappa shape index (κ3) is 6.14. The van der Waals surface area contributed by atoms with E-state index in [0.717, 1.165) is 114 Å². The van der Waals surface area contributed by atoms with Gasteiger partial charge in [0.15, 0.2) is 17.5 Å². The molecule has 0 atom stereocenters. The molecule has 0 radical (unpaired) electrons. The van der Waals surface area contributed by atoms with E-state index in [9.17, 15) is 0 Å². The lowest BCUT2D eigenvalue weighted by molar-refractivity contribution is 0.00578. The van der Waals surface area contributed by atoms with Crippen molar-refractivity contribution in [1.82, 2.24) is 15.0 Å². The SMILES string of the molecule is CC1(C)OB(c2cc3oc4cc(-c5ccc(-c6nc(-c7ccc(-c8ccccc8)cc7)nc(-c7cccc8oc9ccc(Br)cc9c78)n6)cc5)cc5c6ccccc6c(c2)c3c45)OC1(C)C. The molecule has 1 aliphatic rings. The van der Waals surface area contributed by atoms with E-state index in [1.165, 1.54) is 0 Å². The largest absolute Gasteiger partial charge is 0.494 e. The summed E-state index contributed by atoms with van der Waals surface area (Å²) < 4.78 is 27.1. The predicted octanol–water partition coefficient (Wildman–Crippen LogP) is 14.8. The third-order valence-corrected chi connectivity index (χ3v) is 14.3. The van der Waals surface area contributed by atoms with Gasteiger partial charge in [-0.05, 0) is 119 Å². The molecule has 0 saturated carbocycles. The van der Waals surface area contributed by atoms with Gasteiger partial charge in [0.25, 0.3) is 0 Å². The lowest BCUT2D eigenvalue weighted by Gasteiger charge is -2.32. The summed E-state index contributed by atoms with van der Waals surface area (Å²) in [4.78, 5) is 15.5. The van der Waals surface area contributed by atoms with Gasteiger partial charge in [0.2, 0.25) is 0 Å². The number of halogens is 1. The summed E-state index contributed by atoms with van der Waals surface area (Å²) in [6.07, 6.45) is 0. The van der Waals surface area contributed by atoms with Crippen molar-refractivity contribution in [2.75, 3.05) is 0 Å². The lowest BCUT2D eigenvalue weighted by atomic mass is 9.77. The fourth-order valence-electron chi connectivity index (χ4n) is 9.70. The Bertz CT molecular complexity index is 3880. The summed E-state index contributed by atoms with van der Waals surface area (Å²) in [5.74, 6) is 1.72. The molecule has 0 N–H and O–H groups in total. The van der Waals surface area contributed by atoms with E-state index in [0.29, 0.717) is 17.5 Å². The van der Waals surface area contributed by atoms with Crippen LogP contribution in [0, 0.1) is 0 Å². The molecule has 316 valence electrons. The average Bonchev–Trinajstić information content (AvgIpc) is 3.98. The van der Waals surface area contributed by atoms with Gasteiger partial charge in [-0.15, -0.1) is 0 Å². The summed E-state index contributed by atoms with van der Waals surface area (Å²) in [7, 11) is -0.509. The number of furan rings is 2. The molecule has 1 saturated heterocycles. The fourth-order valence-corrected chi connectivity index (χ4v) is 10.1. The number of nitrogens with zero attached hydrogens (tertiary/aromatic N) is 3. The van der Waals surface area contributed by atoms with E-state index < -0.39 is 18.3 Å². The molecule has 0 spiro atoms. The van der Waals surface area contributed by atoms with Crippen LogP contribution in [0.25, 0.3) is 122 Å². The molecule has 0 aliphatic carbocycles. The topological polar surface area (TPSA) is 83.4 Å². The number of aromatic nitrogens is 3. The van der Waals surface area contributed by atoms with Crippen LogP contribution in [0.3, 0.4) is 0 Å². The van der Waals surface area contributed by atoms with Crippen molar-refractivity contribution in [1.29, 1.82) is 0 Å². The van der Waals surface area contributed by atoms with Crippen LogP contribution in [0.2, 0.25) is 0 Å². The van der Waals surface area contributed by atoms with Crippen molar-refractivity contribution in [3.8, 4) is 56.4 Å². The second-order valence-corrected chi connectivity index (χ2v) is 19.2. The van der Waals surface area contributed by atoms with Gasteiger partial charge in [-0.1, -0.05) is 137 Å². The molecular formula is C57H39BBrN3O4. The molecule has 13 rings (SSSR count). The van der Waals surface area contributed by atoms with E-state index in [1.807, 2.05) is 30.3 Å². The number of rotatable bonds is 6. The zero-order valence-electron chi connectivity index (χ0n) is 36.5. The number of benzene rings is 9. The molecule has 9 heteroatoms. The van der Waals surface area contributed by atoms with Gasteiger partial charge in [0.05, 0.1) is 11.2 Å². The standard InChI is InChI=1S/C57H39BBrN3O4/c1-56(2)57(3,4)66-58(65-56)38-29-44-41-14-9-8-13-40(41)43-27-37(28-48-51(43)52(44)49(30-38)64-48)34-19-23-36(24-20-34)54-60-53(35-21-17-33(18-22-35)32-11-6-5-7-12-32)61-55(62-54)42-15-10-16-47-50(42)45-31-39(59)25-26-46(45)63-47/h5-31H,1-4H3. The highest BCUT2D eigenvalue weighted by atomic mass is 79.9. The van der Waals surface area contributed by atoms with Gasteiger partial charge >= 0.3 is 7.12 Å². The molecule has 12 aromatic rings. The Morgan fingerprint density at radius 1 is 0.394 bits per heavy atom. The normalized spacial score (nSPS) is 14.8. The molecule has 66 heavy (non-hydrogen) atoms. The molecule has 0 bridgehead atoms. The summed E-state index contributed by atoms with van der Waals surface area (Å²) in [6.45, 7) is 8.34. The quantitative estimate of drug-likeness (QED) is 0.121. The van der Waals surface area contributed by atoms with Crippen molar-refractivity contribution in [3.63, 3.8) is 0 Å². The maximum absolute atomic E-state index is 6.80. The van der Waals surface area contributed by atoms with Crippen molar-refractivity contribution in [2.45, 2.75) is 38.9 Å². The van der Waals surface area contributed by atoms with Crippen LogP contribution in [0.15, 0.2) is 177 Å². The minimum atomic E-state index is -0.509. The van der Waals surface area contributed by atoms with Gasteiger partial charge in [-0.2, -0.15) is 0 Å². The van der Waals surface area contributed by atoms with Crippen LogP contribution in [-0.2, 0) is 9.31 Å². The van der Waals surface area contributed by atoms with Crippen molar-refractivity contribution < 1.29 is 18.1 Å². The van der Waals surface area contributed by atoms with E-state index in [1.54, 1.807) is 0 Å². The number of hydrogen-bond donors (Lipinski definition) is 0. The van der Waals surface area contributed by atoms with E-state index in [-0.39, 0.29) is 0 Å². The van der Waals surface area contributed by atoms with Gasteiger partial charge in [0.1, 0.15) is 22.3 Å². The van der Waals surface area contributed by atoms with E-state index in [4.69, 9.17) is 33.1 Å². The number of fused-ring (bicyclic) bond motifs is 6. The van der Waals surface area contributed by atoms with Crippen LogP contribution in [-0.4, -0.2) is 33.3 Å². The smallest absolute Gasteiger partial charge is 0.456 e.